The van der Waals surface area contributed by atoms with Gasteiger partial charge in [-0.1, -0.05) is 70.7 Å². The summed E-state index contributed by atoms with van der Waals surface area (Å²) < 4.78 is 15.3. The fourth-order valence-corrected chi connectivity index (χ4v) is 4.71. The van der Waals surface area contributed by atoms with Crippen molar-refractivity contribution in [3.8, 4) is 5.75 Å². The molecule has 1 unspecified atom stereocenters. The largest absolute Gasteiger partial charge is 1.00 e. The highest BCUT2D eigenvalue weighted by atomic mass is 79.9. The molecule has 10 heteroatoms. The summed E-state index contributed by atoms with van der Waals surface area (Å²) in [5, 5.41) is 2.13. The molecule has 5 nitrogen and oxygen atoms in total. The van der Waals surface area contributed by atoms with Gasteiger partial charge in [-0.25, -0.2) is 9.13 Å². The number of carbonyl (C=O) groups excluding carboxylic acids is 1. The molecule has 0 saturated carbocycles. The third kappa shape index (κ3) is 7.96. The van der Waals surface area contributed by atoms with Crippen molar-refractivity contribution < 1.29 is 35.8 Å². The lowest BCUT2D eigenvalue weighted by Crippen LogP contribution is -3.00. The van der Waals surface area contributed by atoms with E-state index < -0.39 is 6.10 Å². The normalized spacial score (nSPS) is 11.6. The molecular formula is C27H23BrCl4N2O3. The van der Waals surface area contributed by atoms with Gasteiger partial charge in [0.25, 0.3) is 0 Å². The Bertz CT molecular complexity index is 1380. The molecule has 0 N–H and O–H groups in total. The number of nitrogens with zero attached hydrogens (tertiary/aromatic N) is 2. The average molecular weight is 645 g/mol. The number of imidazole rings is 1. The Morgan fingerprint density at radius 3 is 2.41 bits per heavy atom. The van der Waals surface area contributed by atoms with Crippen LogP contribution in [0.3, 0.4) is 0 Å². The monoisotopic (exact) mass is 642 g/mol. The molecule has 0 bridgehead atoms. The van der Waals surface area contributed by atoms with E-state index in [2.05, 4.69) is 0 Å². The molecule has 4 aromatic rings. The van der Waals surface area contributed by atoms with Crippen LogP contribution in [0.4, 0.5) is 0 Å². The molecular weight excluding hydrogens is 622 g/mol. The van der Waals surface area contributed by atoms with Crippen LogP contribution in [0.5, 0.6) is 5.75 Å². The number of methoxy groups -OCH3 is 1. The Kier molecular flexibility index (Phi) is 10.9. The zero-order valence-electron chi connectivity index (χ0n) is 19.7. The number of ketones is 1. The minimum Gasteiger partial charge on any atom is -1.00 e. The Morgan fingerprint density at radius 2 is 1.70 bits per heavy atom. The molecule has 0 saturated heterocycles. The standard InChI is InChI=1S/C27H23Cl4N2O3.BrH/c1-35-22-4-2-3-18(11-22)26(34)14-32-9-10-33(17-32)15-27(23-8-7-21(29)13-25(23)31)36-16-19-5-6-20(28)12-24(19)30;/h2-13,17,27H,14-16H2,1H3;1H/q+1;/p-1. The number of hydrogen-bond donors (Lipinski definition) is 0. The van der Waals surface area contributed by atoms with Crippen LogP contribution >= 0.6 is 46.4 Å². The fraction of sp³-hybridized carbons (Fsp3) is 0.185. The highest BCUT2D eigenvalue weighted by Crippen LogP contribution is 2.31. The summed E-state index contributed by atoms with van der Waals surface area (Å²) in [7, 11) is 1.57. The van der Waals surface area contributed by atoms with Gasteiger partial charge in [-0.3, -0.25) is 4.79 Å². The van der Waals surface area contributed by atoms with E-state index in [0.29, 0.717) is 37.9 Å². The van der Waals surface area contributed by atoms with Gasteiger partial charge in [0, 0.05) is 31.2 Å². The van der Waals surface area contributed by atoms with Crippen LogP contribution in [0.15, 0.2) is 79.4 Å². The maximum Gasteiger partial charge on any atom is 0.244 e. The number of rotatable bonds is 10. The van der Waals surface area contributed by atoms with Crippen LogP contribution < -0.4 is 26.3 Å². The van der Waals surface area contributed by atoms with Crippen molar-refractivity contribution in [2.24, 2.45) is 0 Å². The number of ether oxygens (including phenoxy) is 2. The first kappa shape index (κ1) is 29.5. The summed E-state index contributed by atoms with van der Waals surface area (Å²) in [5.41, 5.74) is 2.19. The van der Waals surface area contributed by atoms with Crippen LogP contribution in [-0.2, 0) is 24.4 Å². The van der Waals surface area contributed by atoms with Gasteiger partial charge >= 0.3 is 0 Å². The lowest BCUT2D eigenvalue weighted by atomic mass is 10.1. The Balaban J connectivity index is 0.00000380. The van der Waals surface area contributed by atoms with Gasteiger partial charge in [0.05, 0.1) is 13.7 Å². The number of hydrogen-bond acceptors (Lipinski definition) is 3. The lowest BCUT2D eigenvalue weighted by molar-refractivity contribution is -0.704. The van der Waals surface area contributed by atoms with Crippen LogP contribution in [0.25, 0.3) is 0 Å². The third-order valence-corrected chi connectivity index (χ3v) is 6.75. The molecule has 4 rings (SSSR count). The van der Waals surface area contributed by atoms with Gasteiger partial charge in [0.2, 0.25) is 12.1 Å². The van der Waals surface area contributed by atoms with E-state index in [1.807, 2.05) is 40.0 Å². The topological polar surface area (TPSA) is 44.3 Å². The molecule has 0 amide bonds. The van der Waals surface area contributed by atoms with Gasteiger partial charge < -0.3 is 26.5 Å². The van der Waals surface area contributed by atoms with Crippen molar-refractivity contribution in [1.29, 1.82) is 0 Å². The van der Waals surface area contributed by atoms with Crippen LogP contribution in [-0.4, -0.2) is 17.5 Å². The Labute approximate surface area is 246 Å². The summed E-state index contributed by atoms with van der Waals surface area (Å²) in [5.74, 6) is 0.617. The second-order valence-corrected chi connectivity index (χ2v) is 9.83. The summed E-state index contributed by atoms with van der Waals surface area (Å²) in [6.07, 6.45) is 5.17. The molecule has 1 aromatic heterocycles. The molecule has 0 aliphatic rings. The van der Waals surface area contributed by atoms with Crippen molar-refractivity contribution in [2.45, 2.75) is 25.8 Å². The second kappa shape index (κ2) is 13.7. The SMILES string of the molecule is COc1cccc(C(=O)Cn2cc[n+](CC(OCc3ccc(Cl)cc3Cl)c3ccc(Cl)cc3Cl)c2)c1.[Br-]. The molecule has 0 spiro atoms. The molecule has 0 fully saturated rings. The van der Waals surface area contributed by atoms with E-state index in [4.69, 9.17) is 55.9 Å². The van der Waals surface area contributed by atoms with Crippen molar-refractivity contribution in [3.63, 3.8) is 0 Å². The van der Waals surface area contributed by atoms with E-state index in [-0.39, 0.29) is 35.9 Å². The van der Waals surface area contributed by atoms with E-state index >= 15 is 0 Å². The van der Waals surface area contributed by atoms with Crippen molar-refractivity contribution in [2.75, 3.05) is 7.11 Å². The Hall–Kier alpha value is -2.06. The van der Waals surface area contributed by atoms with Crippen LogP contribution in [0.1, 0.15) is 27.6 Å². The van der Waals surface area contributed by atoms with Crippen molar-refractivity contribution >= 4 is 52.2 Å². The smallest absolute Gasteiger partial charge is 0.244 e. The maximum atomic E-state index is 12.8. The molecule has 0 aliphatic carbocycles. The van der Waals surface area contributed by atoms with Gasteiger partial charge in [-0.05, 0) is 42.0 Å². The molecule has 0 aliphatic heterocycles. The highest BCUT2D eigenvalue weighted by molar-refractivity contribution is 6.35. The number of aromatic nitrogens is 2. The van der Waals surface area contributed by atoms with Crippen molar-refractivity contribution in [1.82, 2.24) is 4.57 Å². The molecule has 0 radical (unpaired) electrons. The zero-order valence-corrected chi connectivity index (χ0v) is 24.3. The maximum absolute atomic E-state index is 12.8. The average Bonchev–Trinajstić information content (AvgIpc) is 3.29. The zero-order chi connectivity index (χ0) is 25.7. The summed E-state index contributed by atoms with van der Waals surface area (Å²) in [4.78, 5) is 12.8. The number of benzene rings is 3. The predicted molar refractivity (Wildman–Crippen MR) is 142 cm³/mol. The number of carbonyl (C=O) groups is 1. The fourth-order valence-electron chi connectivity index (χ4n) is 3.72. The van der Waals surface area contributed by atoms with E-state index in [1.54, 1.807) is 55.6 Å². The second-order valence-electron chi connectivity index (χ2n) is 8.14. The molecule has 194 valence electrons. The van der Waals surface area contributed by atoms with Gasteiger partial charge in [-0.2, -0.15) is 0 Å². The molecule has 1 heterocycles. The van der Waals surface area contributed by atoms with E-state index in [1.165, 1.54) is 0 Å². The van der Waals surface area contributed by atoms with Crippen LogP contribution in [0, 0.1) is 0 Å². The third-order valence-electron chi connectivity index (χ3n) is 5.61. The van der Waals surface area contributed by atoms with Gasteiger partial charge in [-0.15, -0.1) is 0 Å². The summed E-state index contributed by atoms with van der Waals surface area (Å²) in [6, 6.07) is 17.7. The first-order valence-corrected chi connectivity index (χ1v) is 12.6. The molecule has 1 atom stereocenters. The first-order chi connectivity index (χ1) is 17.3. The molecule has 37 heavy (non-hydrogen) atoms. The first-order valence-electron chi connectivity index (χ1n) is 11.0. The molecule has 3 aromatic carbocycles. The highest BCUT2D eigenvalue weighted by Gasteiger charge is 2.21. The van der Waals surface area contributed by atoms with Gasteiger partial charge in [0.15, 0.2) is 6.54 Å². The lowest BCUT2D eigenvalue weighted by Gasteiger charge is -2.19. The quantitative estimate of drug-likeness (QED) is 0.192. The van der Waals surface area contributed by atoms with Gasteiger partial charge in [0.1, 0.15) is 30.8 Å². The van der Waals surface area contributed by atoms with E-state index in [0.717, 1.165) is 11.1 Å². The van der Waals surface area contributed by atoms with Crippen LogP contribution in [0.2, 0.25) is 20.1 Å². The van der Waals surface area contributed by atoms with E-state index in [9.17, 15) is 4.79 Å². The minimum absolute atomic E-state index is 0. The summed E-state index contributed by atoms with van der Waals surface area (Å²) >= 11 is 25.0. The summed E-state index contributed by atoms with van der Waals surface area (Å²) in [6.45, 7) is 0.899. The van der Waals surface area contributed by atoms with Crippen molar-refractivity contribution in [3.05, 3.63) is 116 Å². The minimum atomic E-state index is -0.406. The Morgan fingerprint density at radius 1 is 0.973 bits per heavy atom. The number of Topliss-reactive ketones (excluding diaryl/α,β-unsaturated/α-hetero) is 1. The predicted octanol–water partition coefficient (Wildman–Crippen LogP) is 4.24. The number of halogens is 5.